The third kappa shape index (κ3) is 2.05. The lowest BCUT2D eigenvalue weighted by molar-refractivity contribution is 0.111. The van der Waals surface area contributed by atoms with Crippen LogP contribution in [0.4, 0.5) is 0 Å². The van der Waals surface area contributed by atoms with Crippen molar-refractivity contribution >= 4 is 35.1 Å². The van der Waals surface area contributed by atoms with Crippen LogP contribution in [0.2, 0.25) is 10.0 Å². The Morgan fingerprint density at radius 2 is 2.24 bits per heavy atom. The van der Waals surface area contributed by atoms with Crippen molar-refractivity contribution in [1.82, 2.24) is 9.38 Å². The van der Waals surface area contributed by atoms with Crippen molar-refractivity contribution < 1.29 is 4.79 Å². The Labute approximate surface area is 109 Å². The molecule has 0 saturated heterocycles. The number of rotatable bonds is 3. The summed E-state index contributed by atoms with van der Waals surface area (Å²) in [6.07, 6.45) is 3.37. The largest absolute Gasteiger partial charge is 0.296 e. The summed E-state index contributed by atoms with van der Waals surface area (Å²) >= 11 is 12.0. The molecule has 0 bridgehead atoms. The third-order valence-corrected chi connectivity index (χ3v) is 3.38. The highest BCUT2D eigenvalue weighted by Crippen LogP contribution is 2.28. The van der Waals surface area contributed by atoms with E-state index in [9.17, 15) is 4.79 Å². The maximum atomic E-state index is 11.2. The molecular weight excluding hydrogens is 259 g/mol. The monoisotopic (exact) mass is 270 g/mol. The predicted octanol–water partition coefficient (Wildman–Crippen LogP) is 3.97. The van der Waals surface area contributed by atoms with E-state index in [2.05, 4.69) is 11.9 Å². The van der Waals surface area contributed by atoms with E-state index >= 15 is 0 Å². The average Bonchev–Trinajstić information content (AvgIpc) is 2.66. The zero-order chi connectivity index (χ0) is 12.6. The van der Waals surface area contributed by atoms with E-state index in [1.54, 1.807) is 16.7 Å². The molecule has 0 spiro atoms. The molecular formula is C12H12Cl2N2O. The van der Waals surface area contributed by atoms with Crippen molar-refractivity contribution in [3.63, 3.8) is 0 Å². The molecule has 0 saturated carbocycles. The minimum Gasteiger partial charge on any atom is -0.296 e. The normalized spacial score (nSPS) is 12.9. The van der Waals surface area contributed by atoms with Crippen LogP contribution in [0, 0.1) is 0 Å². The lowest BCUT2D eigenvalue weighted by atomic mass is 10.0. The van der Waals surface area contributed by atoms with Gasteiger partial charge in [0.25, 0.3) is 0 Å². The van der Waals surface area contributed by atoms with Crippen molar-refractivity contribution in [3.05, 3.63) is 33.7 Å². The van der Waals surface area contributed by atoms with Crippen LogP contribution < -0.4 is 0 Å². The zero-order valence-electron chi connectivity index (χ0n) is 9.58. The fourth-order valence-corrected chi connectivity index (χ4v) is 2.29. The van der Waals surface area contributed by atoms with Crippen LogP contribution in [0.25, 0.3) is 5.65 Å². The molecule has 0 N–H and O–H groups in total. The van der Waals surface area contributed by atoms with Gasteiger partial charge < -0.3 is 0 Å². The number of hydrogen-bond donors (Lipinski definition) is 0. The summed E-state index contributed by atoms with van der Waals surface area (Å²) in [5.74, 6) is 0.213. The van der Waals surface area contributed by atoms with Crippen molar-refractivity contribution in [2.75, 3.05) is 0 Å². The van der Waals surface area contributed by atoms with Gasteiger partial charge in [-0.25, -0.2) is 4.98 Å². The van der Waals surface area contributed by atoms with Gasteiger partial charge in [0.15, 0.2) is 11.9 Å². The molecule has 3 nitrogen and oxygen atoms in total. The summed E-state index contributed by atoms with van der Waals surface area (Å²) in [6, 6.07) is 1.63. The van der Waals surface area contributed by atoms with Crippen molar-refractivity contribution in [1.29, 1.82) is 0 Å². The van der Waals surface area contributed by atoms with Crippen LogP contribution in [-0.2, 0) is 0 Å². The van der Waals surface area contributed by atoms with Gasteiger partial charge in [-0.1, -0.05) is 37.0 Å². The molecule has 2 aromatic heterocycles. The second-order valence-electron chi connectivity index (χ2n) is 4.01. The van der Waals surface area contributed by atoms with Gasteiger partial charge in [0, 0.05) is 12.1 Å². The van der Waals surface area contributed by atoms with Gasteiger partial charge in [-0.15, -0.1) is 0 Å². The molecule has 0 amide bonds. The summed E-state index contributed by atoms with van der Waals surface area (Å²) in [5, 5.41) is 0.939. The van der Waals surface area contributed by atoms with E-state index in [1.807, 2.05) is 6.92 Å². The molecule has 0 aliphatic rings. The maximum Gasteiger partial charge on any atom is 0.168 e. The van der Waals surface area contributed by atoms with Crippen LogP contribution in [0.3, 0.4) is 0 Å². The summed E-state index contributed by atoms with van der Waals surface area (Å²) in [5.41, 5.74) is 1.87. The number of pyridine rings is 1. The van der Waals surface area contributed by atoms with E-state index in [0.717, 1.165) is 18.4 Å². The first-order valence-electron chi connectivity index (χ1n) is 5.40. The van der Waals surface area contributed by atoms with Gasteiger partial charge in [0.05, 0.1) is 15.7 Å². The summed E-state index contributed by atoms with van der Waals surface area (Å²) in [4.78, 5) is 15.6. The summed E-state index contributed by atoms with van der Waals surface area (Å²) in [6.45, 7) is 4.09. The van der Waals surface area contributed by atoms with Gasteiger partial charge in [-0.3, -0.25) is 9.20 Å². The first-order chi connectivity index (χ1) is 8.08. The second-order valence-corrected chi connectivity index (χ2v) is 4.85. The van der Waals surface area contributed by atoms with Gasteiger partial charge >= 0.3 is 0 Å². The Hall–Kier alpha value is -1.06. The number of carbonyl (C=O) groups excluding carboxylic acids is 1. The van der Waals surface area contributed by atoms with Crippen LogP contribution in [0.1, 0.15) is 42.4 Å². The SMILES string of the molecule is CCC(C)c1nc2c(Cl)cc(Cl)cn2c1C=O. The van der Waals surface area contributed by atoms with Crippen LogP contribution >= 0.6 is 23.2 Å². The number of halogens is 2. The molecule has 0 fully saturated rings. The molecule has 2 rings (SSSR count). The molecule has 0 aliphatic heterocycles. The van der Waals surface area contributed by atoms with Crippen LogP contribution in [0.15, 0.2) is 12.3 Å². The summed E-state index contributed by atoms with van der Waals surface area (Å²) in [7, 11) is 0. The van der Waals surface area contributed by atoms with Crippen molar-refractivity contribution in [2.45, 2.75) is 26.2 Å². The highest BCUT2D eigenvalue weighted by molar-refractivity contribution is 6.36. The van der Waals surface area contributed by atoms with E-state index < -0.39 is 0 Å². The molecule has 5 heteroatoms. The minimum absolute atomic E-state index is 0.213. The number of nitrogens with zero attached hydrogens (tertiary/aromatic N) is 2. The van der Waals surface area contributed by atoms with E-state index in [4.69, 9.17) is 23.2 Å². The number of aromatic nitrogens is 2. The lowest BCUT2D eigenvalue weighted by Crippen LogP contribution is -1.98. The zero-order valence-corrected chi connectivity index (χ0v) is 11.1. The molecule has 0 aromatic carbocycles. The fraction of sp³-hybridized carbons (Fsp3) is 0.333. The number of aldehydes is 1. The second kappa shape index (κ2) is 4.67. The highest BCUT2D eigenvalue weighted by atomic mass is 35.5. The molecule has 0 aliphatic carbocycles. The standard InChI is InChI=1S/C12H12Cl2N2O/c1-3-7(2)11-10(6-17)16-5-8(13)4-9(14)12(16)15-11/h4-7H,3H2,1-2H3. The number of carbonyl (C=O) groups is 1. The van der Waals surface area contributed by atoms with E-state index in [1.165, 1.54) is 0 Å². The molecule has 2 heterocycles. The van der Waals surface area contributed by atoms with Gasteiger partial charge in [-0.2, -0.15) is 0 Å². The first-order valence-corrected chi connectivity index (χ1v) is 6.16. The predicted molar refractivity (Wildman–Crippen MR) is 69.3 cm³/mol. The Morgan fingerprint density at radius 3 is 2.82 bits per heavy atom. The number of imidazole rings is 1. The van der Waals surface area contributed by atoms with Gasteiger partial charge in [0.2, 0.25) is 0 Å². The number of hydrogen-bond acceptors (Lipinski definition) is 2. The fourth-order valence-electron chi connectivity index (χ4n) is 1.78. The number of fused-ring (bicyclic) bond motifs is 1. The van der Waals surface area contributed by atoms with Crippen LogP contribution in [0.5, 0.6) is 0 Å². The molecule has 0 radical (unpaired) electrons. The summed E-state index contributed by atoms with van der Waals surface area (Å²) < 4.78 is 1.65. The van der Waals surface area contributed by atoms with Crippen molar-refractivity contribution in [2.24, 2.45) is 0 Å². The molecule has 1 atom stereocenters. The van der Waals surface area contributed by atoms with Gasteiger partial charge in [0.1, 0.15) is 5.69 Å². The molecule has 2 aromatic rings. The van der Waals surface area contributed by atoms with E-state index in [0.29, 0.717) is 21.4 Å². The molecule has 90 valence electrons. The molecule has 1 unspecified atom stereocenters. The lowest BCUT2D eigenvalue weighted by Gasteiger charge is -2.04. The Bertz CT molecular complexity index is 577. The first kappa shape index (κ1) is 12.4. The average molecular weight is 271 g/mol. The Balaban J connectivity index is 2.79. The highest BCUT2D eigenvalue weighted by Gasteiger charge is 2.18. The molecule has 17 heavy (non-hydrogen) atoms. The topological polar surface area (TPSA) is 34.4 Å². The van der Waals surface area contributed by atoms with E-state index in [-0.39, 0.29) is 5.92 Å². The van der Waals surface area contributed by atoms with Crippen LogP contribution in [-0.4, -0.2) is 15.7 Å². The quantitative estimate of drug-likeness (QED) is 0.791. The Kier molecular flexibility index (Phi) is 3.40. The maximum absolute atomic E-state index is 11.2. The van der Waals surface area contributed by atoms with Crippen molar-refractivity contribution in [3.8, 4) is 0 Å². The third-order valence-electron chi connectivity index (χ3n) is 2.90. The van der Waals surface area contributed by atoms with Gasteiger partial charge in [-0.05, 0) is 12.5 Å². The minimum atomic E-state index is 0.213. The smallest absolute Gasteiger partial charge is 0.168 e. The Morgan fingerprint density at radius 1 is 1.53 bits per heavy atom.